The van der Waals surface area contributed by atoms with Crippen LogP contribution < -0.4 is 10.2 Å². The van der Waals surface area contributed by atoms with Crippen molar-refractivity contribution in [2.45, 2.75) is 34.1 Å². The molecule has 0 unspecified atom stereocenters. The predicted molar refractivity (Wildman–Crippen MR) is 46.8 cm³/mol. The van der Waals surface area contributed by atoms with Crippen molar-refractivity contribution in [3.63, 3.8) is 0 Å². The van der Waals surface area contributed by atoms with Crippen molar-refractivity contribution >= 4 is 11.9 Å². The minimum absolute atomic E-state index is 0.114. The predicted octanol–water partition coefficient (Wildman–Crippen LogP) is -0.761. The Morgan fingerprint density at radius 3 is 1.57 bits per heavy atom. The molecule has 0 aliphatic rings. The van der Waals surface area contributed by atoms with E-state index in [1.54, 1.807) is 27.7 Å². The minimum atomic E-state index is -1.45. The summed E-state index contributed by atoms with van der Waals surface area (Å²) in [6.45, 7) is 6.43. The molecule has 0 N–H and O–H groups in total. The van der Waals surface area contributed by atoms with Gasteiger partial charge in [0.2, 0.25) is 0 Å². The first-order valence-corrected chi connectivity index (χ1v) is 4.38. The minimum Gasteiger partial charge on any atom is -0.545 e. The summed E-state index contributed by atoms with van der Waals surface area (Å²) in [6, 6.07) is 0. The number of aliphatic carboxylic acids is 2. The van der Waals surface area contributed by atoms with Crippen molar-refractivity contribution in [3.05, 3.63) is 11.1 Å². The number of hydrogen-bond donors (Lipinski definition) is 0. The van der Waals surface area contributed by atoms with Gasteiger partial charge in [-0.1, -0.05) is 27.7 Å². The van der Waals surface area contributed by atoms with E-state index < -0.39 is 17.4 Å². The lowest BCUT2D eigenvalue weighted by atomic mass is 9.82. The van der Waals surface area contributed by atoms with Gasteiger partial charge < -0.3 is 19.8 Å². The summed E-state index contributed by atoms with van der Waals surface area (Å²) in [5.74, 6) is -2.89. The fourth-order valence-corrected chi connectivity index (χ4v) is 1.31. The van der Waals surface area contributed by atoms with Crippen molar-refractivity contribution in [3.8, 4) is 0 Å². The summed E-state index contributed by atoms with van der Waals surface area (Å²) in [5.41, 5.74) is -1.15. The molecule has 14 heavy (non-hydrogen) atoms. The van der Waals surface area contributed by atoms with Gasteiger partial charge in [-0.25, -0.2) is 0 Å². The van der Waals surface area contributed by atoms with Crippen molar-refractivity contribution in [2.75, 3.05) is 0 Å². The van der Waals surface area contributed by atoms with Crippen LogP contribution in [0.4, 0.5) is 0 Å². The fourth-order valence-electron chi connectivity index (χ4n) is 1.31. The first-order chi connectivity index (χ1) is 6.21. The molecule has 80 valence electrons. The van der Waals surface area contributed by atoms with Gasteiger partial charge in [-0.05, 0) is 23.0 Å². The molecule has 0 amide bonds. The van der Waals surface area contributed by atoms with Crippen LogP contribution in [0.3, 0.4) is 0 Å². The monoisotopic (exact) mass is 198 g/mol. The van der Waals surface area contributed by atoms with Crippen molar-refractivity contribution in [1.29, 1.82) is 0 Å². The highest BCUT2D eigenvalue weighted by Gasteiger charge is 2.21. The van der Waals surface area contributed by atoms with Crippen LogP contribution in [0.2, 0.25) is 0 Å². The number of hydrogen-bond acceptors (Lipinski definition) is 4. The van der Waals surface area contributed by atoms with E-state index in [1.807, 2.05) is 0 Å². The molecule has 0 aromatic carbocycles. The normalized spacial score (nSPS) is 13.4. The first-order valence-electron chi connectivity index (χ1n) is 4.38. The lowest BCUT2D eigenvalue weighted by Gasteiger charge is -2.27. The molecule has 0 aliphatic heterocycles. The van der Waals surface area contributed by atoms with Crippen LogP contribution >= 0.6 is 0 Å². The molecule has 0 atom stereocenters. The van der Waals surface area contributed by atoms with Gasteiger partial charge in [-0.15, -0.1) is 0 Å². The quantitative estimate of drug-likeness (QED) is 0.558. The first kappa shape index (κ1) is 12.7. The molecule has 0 rings (SSSR count). The van der Waals surface area contributed by atoms with E-state index in [4.69, 9.17) is 0 Å². The molecule has 0 aliphatic carbocycles. The highest BCUT2D eigenvalue weighted by molar-refractivity contribution is 5.97. The maximum absolute atomic E-state index is 10.8. The van der Waals surface area contributed by atoms with Crippen molar-refractivity contribution in [1.82, 2.24) is 0 Å². The number of carbonyl (C=O) groups is 2. The smallest absolute Gasteiger partial charge is 0.0683 e. The van der Waals surface area contributed by atoms with Gasteiger partial charge >= 0.3 is 0 Å². The Kier molecular flexibility index (Phi) is 3.86. The number of carboxylic acids is 2. The third-order valence-corrected chi connectivity index (χ3v) is 1.86. The molecule has 0 bridgehead atoms. The molecule has 0 aromatic rings. The lowest BCUT2D eigenvalue weighted by molar-refractivity contribution is -0.305. The molecule has 0 radical (unpaired) electrons. The topological polar surface area (TPSA) is 80.3 Å². The second-order valence-electron chi connectivity index (χ2n) is 4.03. The SMILES string of the molecule is CCC(C(=O)[O-])=C(C(=O)[O-])C(C)(C)C. The summed E-state index contributed by atoms with van der Waals surface area (Å²) in [7, 11) is 0. The molecule has 0 fully saturated rings. The van der Waals surface area contributed by atoms with Gasteiger partial charge in [0.25, 0.3) is 0 Å². The van der Waals surface area contributed by atoms with E-state index in [9.17, 15) is 19.8 Å². The zero-order valence-corrected chi connectivity index (χ0v) is 8.84. The highest BCUT2D eigenvalue weighted by atomic mass is 16.4. The maximum atomic E-state index is 10.8. The molecule has 0 saturated heterocycles. The molecule has 0 heterocycles. The van der Waals surface area contributed by atoms with Crippen LogP contribution in [0.15, 0.2) is 11.1 Å². The Morgan fingerprint density at radius 2 is 1.50 bits per heavy atom. The molecule has 0 aromatic heterocycles. The van der Waals surface area contributed by atoms with E-state index in [0.29, 0.717) is 0 Å². The van der Waals surface area contributed by atoms with Crippen LogP contribution in [0.5, 0.6) is 0 Å². The molecule has 0 saturated carbocycles. The number of carbonyl (C=O) groups excluding carboxylic acids is 2. The van der Waals surface area contributed by atoms with Gasteiger partial charge in [-0.2, -0.15) is 0 Å². The van der Waals surface area contributed by atoms with E-state index in [0.717, 1.165) is 0 Å². The zero-order chi connectivity index (χ0) is 11.5. The van der Waals surface area contributed by atoms with E-state index in [1.165, 1.54) is 0 Å². The van der Waals surface area contributed by atoms with Gasteiger partial charge in [0.15, 0.2) is 0 Å². The standard InChI is InChI=1S/C10H16O4/c1-5-6(8(11)12)7(9(13)14)10(2,3)4/h5H2,1-4H3,(H,11,12)(H,13,14)/p-2. The average Bonchev–Trinajstić information content (AvgIpc) is 1.95. The highest BCUT2D eigenvalue weighted by Crippen LogP contribution is 2.28. The summed E-state index contributed by atoms with van der Waals surface area (Å²) < 4.78 is 0. The van der Waals surface area contributed by atoms with Gasteiger partial charge in [0.05, 0.1) is 11.9 Å². The summed E-state index contributed by atoms with van der Waals surface area (Å²) in [6.07, 6.45) is 0.114. The van der Waals surface area contributed by atoms with Crippen molar-refractivity contribution < 1.29 is 19.8 Å². The van der Waals surface area contributed by atoms with E-state index in [-0.39, 0.29) is 17.6 Å². The number of rotatable bonds is 3. The maximum Gasteiger partial charge on any atom is 0.0683 e. The fraction of sp³-hybridized carbons (Fsp3) is 0.600. The third kappa shape index (κ3) is 2.87. The Morgan fingerprint density at radius 1 is 1.07 bits per heavy atom. The van der Waals surface area contributed by atoms with Crippen LogP contribution in [0.1, 0.15) is 34.1 Å². The molecular formula is C10H14O4-2. The Bertz CT molecular complexity index is 281. The van der Waals surface area contributed by atoms with Crippen LogP contribution in [-0.2, 0) is 9.59 Å². The van der Waals surface area contributed by atoms with Crippen LogP contribution in [0, 0.1) is 5.41 Å². The second-order valence-corrected chi connectivity index (χ2v) is 4.03. The summed E-state index contributed by atoms with van der Waals surface area (Å²) >= 11 is 0. The summed E-state index contributed by atoms with van der Waals surface area (Å²) in [5, 5.41) is 21.5. The van der Waals surface area contributed by atoms with Crippen LogP contribution in [0.25, 0.3) is 0 Å². The second kappa shape index (κ2) is 4.26. The average molecular weight is 198 g/mol. The molecule has 4 nitrogen and oxygen atoms in total. The van der Waals surface area contributed by atoms with Gasteiger partial charge in [0, 0.05) is 0 Å². The van der Waals surface area contributed by atoms with Crippen LogP contribution in [-0.4, -0.2) is 11.9 Å². The van der Waals surface area contributed by atoms with E-state index in [2.05, 4.69) is 0 Å². The molecule has 0 spiro atoms. The number of carboxylic acid groups (broad SMARTS) is 2. The molecular weight excluding hydrogens is 184 g/mol. The van der Waals surface area contributed by atoms with Gasteiger partial charge in [-0.3, -0.25) is 0 Å². The summed E-state index contributed by atoms with van der Waals surface area (Å²) in [4.78, 5) is 21.5. The lowest BCUT2D eigenvalue weighted by Crippen LogP contribution is -2.36. The van der Waals surface area contributed by atoms with E-state index >= 15 is 0 Å². The van der Waals surface area contributed by atoms with Gasteiger partial charge in [0.1, 0.15) is 0 Å². The molecule has 4 heteroatoms. The van der Waals surface area contributed by atoms with Crippen molar-refractivity contribution in [2.24, 2.45) is 5.41 Å². The zero-order valence-electron chi connectivity index (χ0n) is 8.84. The Hall–Kier alpha value is -1.32. The Balaban J connectivity index is 5.57. The third-order valence-electron chi connectivity index (χ3n) is 1.86. The largest absolute Gasteiger partial charge is 0.545 e. The Labute approximate surface area is 83.2 Å².